The molecular formula is C18H20N2O5S2. The van der Waals surface area contributed by atoms with Crippen LogP contribution < -0.4 is 19.1 Å². The highest BCUT2D eigenvalue weighted by molar-refractivity contribution is 7.91. The zero-order valence-corrected chi connectivity index (χ0v) is 16.4. The summed E-state index contributed by atoms with van der Waals surface area (Å²) in [6.07, 6.45) is 1.11. The van der Waals surface area contributed by atoms with Gasteiger partial charge in [-0.1, -0.05) is 6.92 Å². The van der Waals surface area contributed by atoms with E-state index in [1.165, 1.54) is 11.3 Å². The van der Waals surface area contributed by atoms with E-state index in [4.69, 9.17) is 9.47 Å². The second-order valence-corrected chi connectivity index (χ2v) is 9.70. The fourth-order valence-corrected chi connectivity index (χ4v) is 5.67. The van der Waals surface area contributed by atoms with Crippen LogP contribution in [0.3, 0.4) is 0 Å². The maximum absolute atomic E-state index is 12.4. The molecule has 4 rings (SSSR count). The molecule has 7 nitrogen and oxygen atoms in total. The van der Waals surface area contributed by atoms with E-state index in [-0.39, 0.29) is 25.2 Å². The van der Waals surface area contributed by atoms with E-state index < -0.39 is 10.0 Å². The maximum Gasteiger partial charge on any atom is 0.250 e. The summed E-state index contributed by atoms with van der Waals surface area (Å²) >= 11 is 1.28. The number of anilines is 1. The Hall–Kier alpha value is -2.10. The number of nitrogens with zero attached hydrogens (tertiary/aromatic N) is 1. The minimum atomic E-state index is -3.54. The number of rotatable bonds is 6. The Bertz CT molecular complexity index is 970. The Balaban J connectivity index is 1.40. The minimum absolute atomic E-state index is 0.0255. The summed E-state index contributed by atoms with van der Waals surface area (Å²) in [6.45, 7) is 2.87. The first kappa shape index (κ1) is 18.3. The van der Waals surface area contributed by atoms with Crippen molar-refractivity contribution in [2.45, 2.75) is 24.0 Å². The Morgan fingerprint density at radius 2 is 2.04 bits per heavy atom. The number of carbonyl (C=O) groups is 1. The molecule has 1 fully saturated rings. The van der Waals surface area contributed by atoms with E-state index >= 15 is 0 Å². The lowest BCUT2D eigenvalue weighted by molar-refractivity contribution is -0.117. The normalized spacial score (nSPS) is 19.1. The molecule has 0 bridgehead atoms. The molecule has 1 unspecified atom stereocenters. The van der Waals surface area contributed by atoms with Crippen molar-refractivity contribution < 1.29 is 22.7 Å². The van der Waals surface area contributed by atoms with Gasteiger partial charge in [0.25, 0.3) is 0 Å². The van der Waals surface area contributed by atoms with Crippen LogP contribution in [-0.4, -0.2) is 34.2 Å². The monoisotopic (exact) mass is 408 g/mol. The molecule has 27 heavy (non-hydrogen) atoms. The molecule has 1 aromatic carbocycles. The fraction of sp³-hybridized carbons (Fsp3) is 0.389. The number of fused-ring (bicyclic) bond motifs is 1. The number of benzene rings is 1. The van der Waals surface area contributed by atoms with Crippen molar-refractivity contribution in [3.05, 3.63) is 35.2 Å². The van der Waals surface area contributed by atoms with Gasteiger partial charge < -0.3 is 14.4 Å². The van der Waals surface area contributed by atoms with E-state index in [2.05, 4.69) is 4.72 Å². The number of hydrogen-bond acceptors (Lipinski definition) is 6. The average molecular weight is 409 g/mol. The van der Waals surface area contributed by atoms with Gasteiger partial charge in [0.05, 0.1) is 0 Å². The summed E-state index contributed by atoms with van der Waals surface area (Å²) in [5, 5.41) is 0. The minimum Gasteiger partial charge on any atom is -0.454 e. The molecule has 144 valence electrons. The smallest absolute Gasteiger partial charge is 0.250 e. The van der Waals surface area contributed by atoms with Crippen molar-refractivity contribution in [3.63, 3.8) is 0 Å². The summed E-state index contributed by atoms with van der Waals surface area (Å²) in [6, 6.07) is 8.84. The van der Waals surface area contributed by atoms with Crippen molar-refractivity contribution >= 4 is 33.0 Å². The number of nitrogens with one attached hydrogen (secondary N) is 1. The van der Waals surface area contributed by atoms with Crippen LogP contribution in [0.4, 0.5) is 5.69 Å². The third-order valence-corrected chi connectivity index (χ3v) is 7.83. The number of carbonyl (C=O) groups excluding carboxylic acids is 1. The molecule has 2 aromatic rings. The van der Waals surface area contributed by atoms with Crippen LogP contribution >= 0.6 is 11.3 Å². The summed E-state index contributed by atoms with van der Waals surface area (Å²) in [5.74, 6) is 1.18. The molecule has 2 aliphatic rings. The molecule has 1 aromatic heterocycles. The van der Waals surface area contributed by atoms with Crippen molar-refractivity contribution in [3.8, 4) is 11.5 Å². The zero-order valence-electron chi connectivity index (χ0n) is 14.8. The highest BCUT2D eigenvalue weighted by atomic mass is 32.2. The zero-order chi connectivity index (χ0) is 19.0. The van der Waals surface area contributed by atoms with E-state index in [9.17, 15) is 13.2 Å². The lowest BCUT2D eigenvalue weighted by atomic mass is 10.1. The molecule has 0 saturated carbocycles. The first-order valence-corrected chi connectivity index (χ1v) is 11.0. The number of hydrogen-bond donors (Lipinski definition) is 1. The topological polar surface area (TPSA) is 84.9 Å². The Morgan fingerprint density at radius 3 is 2.81 bits per heavy atom. The number of aryl methyl sites for hydroxylation is 1. The van der Waals surface area contributed by atoms with E-state index in [1.54, 1.807) is 23.1 Å². The van der Waals surface area contributed by atoms with Gasteiger partial charge in [-0.3, -0.25) is 4.79 Å². The Morgan fingerprint density at radius 1 is 1.22 bits per heavy atom. The molecule has 0 spiro atoms. The van der Waals surface area contributed by atoms with Crippen molar-refractivity contribution in [2.75, 3.05) is 24.8 Å². The van der Waals surface area contributed by atoms with Gasteiger partial charge in [-0.15, -0.1) is 11.3 Å². The van der Waals surface area contributed by atoms with Gasteiger partial charge in [-0.25, -0.2) is 13.1 Å². The average Bonchev–Trinajstić information content (AvgIpc) is 3.38. The van der Waals surface area contributed by atoms with E-state index in [1.807, 2.05) is 19.1 Å². The first-order chi connectivity index (χ1) is 13.0. The van der Waals surface area contributed by atoms with Crippen LogP contribution in [0.1, 0.15) is 18.2 Å². The SMILES string of the molecule is CCc1ccc(S(=O)(=O)NCC2CC(=O)N(c3ccc4c(c3)OCO4)C2)s1. The first-order valence-electron chi connectivity index (χ1n) is 8.74. The third-order valence-electron chi connectivity index (χ3n) is 4.69. The lowest BCUT2D eigenvalue weighted by Crippen LogP contribution is -2.31. The third kappa shape index (κ3) is 3.67. The molecule has 9 heteroatoms. The molecule has 2 aliphatic heterocycles. The van der Waals surface area contributed by atoms with Gasteiger partial charge in [0.15, 0.2) is 11.5 Å². The molecule has 1 atom stereocenters. The van der Waals surface area contributed by atoms with Crippen LogP contribution in [0.15, 0.2) is 34.5 Å². The molecule has 1 amide bonds. The number of thiophene rings is 1. The summed E-state index contributed by atoms with van der Waals surface area (Å²) in [5.41, 5.74) is 0.737. The maximum atomic E-state index is 12.4. The molecule has 0 radical (unpaired) electrons. The summed E-state index contributed by atoms with van der Waals surface area (Å²) in [4.78, 5) is 15.1. The van der Waals surface area contributed by atoms with Gasteiger partial charge in [0.1, 0.15) is 4.21 Å². The Labute approximate surface area is 161 Å². The van der Waals surface area contributed by atoms with E-state index in [0.29, 0.717) is 28.7 Å². The van der Waals surface area contributed by atoms with Crippen LogP contribution in [0.25, 0.3) is 0 Å². The quantitative estimate of drug-likeness (QED) is 0.793. The number of amides is 1. The van der Waals surface area contributed by atoms with Gasteiger partial charge in [0.2, 0.25) is 22.7 Å². The Kier molecular flexibility index (Phi) is 4.83. The molecule has 3 heterocycles. The largest absolute Gasteiger partial charge is 0.454 e. The highest BCUT2D eigenvalue weighted by Gasteiger charge is 2.32. The van der Waals surface area contributed by atoms with Crippen molar-refractivity contribution in [1.29, 1.82) is 0 Å². The van der Waals surface area contributed by atoms with Crippen LogP contribution in [-0.2, 0) is 21.2 Å². The fourth-order valence-electron chi connectivity index (χ4n) is 3.21. The van der Waals surface area contributed by atoms with E-state index in [0.717, 1.165) is 17.0 Å². The molecular weight excluding hydrogens is 388 g/mol. The highest BCUT2D eigenvalue weighted by Crippen LogP contribution is 2.37. The van der Waals surface area contributed by atoms with Crippen molar-refractivity contribution in [2.24, 2.45) is 5.92 Å². The second kappa shape index (κ2) is 7.14. The summed E-state index contributed by atoms with van der Waals surface area (Å²) in [7, 11) is -3.54. The van der Waals surface area contributed by atoms with Gasteiger partial charge in [-0.2, -0.15) is 0 Å². The summed E-state index contributed by atoms with van der Waals surface area (Å²) < 4.78 is 38.5. The second-order valence-electron chi connectivity index (χ2n) is 6.54. The number of ether oxygens (including phenoxy) is 2. The predicted molar refractivity (Wildman–Crippen MR) is 102 cm³/mol. The van der Waals surface area contributed by atoms with Crippen LogP contribution in [0, 0.1) is 5.92 Å². The molecule has 1 N–H and O–H groups in total. The molecule has 0 aliphatic carbocycles. The van der Waals surface area contributed by atoms with Gasteiger partial charge >= 0.3 is 0 Å². The van der Waals surface area contributed by atoms with Crippen LogP contribution in [0.5, 0.6) is 11.5 Å². The van der Waals surface area contributed by atoms with Crippen molar-refractivity contribution in [1.82, 2.24) is 4.72 Å². The van der Waals surface area contributed by atoms with Gasteiger partial charge in [-0.05, 0) is 36.6 Å². The predicted octanol–water partition coefficient (Wildman–Crippen LogP) is 2.37. The van der Waals surface area contributed by atoms with Crippen LogP contribution in [0.2, 0.25) is 0 Å². The number of sulfonamides is 1. The standard InChI is InChI=1S/C18H20N2O5S2/c1-2-14-4-6-18(26-14)27(22,23)19-9-12-7-17(21)20(10-12)13-3-5-15-16(8-13)25-11-24-15/h3-6,8,12,19H,2,7,9-11H2,1H3. The van der Waals surface area contributed by atoms with Gasteiger partial charge in [0, 0.05) is 36.1 Å². The molecule has 1 saturated heterocycles. The lowest BCUT2D eigenvalue weighted by Gasteiger charge is -2.17.